The van der Waals surface area contributed by atoms with Gasteiger partial charge in [0, 0.05) is 5.69 Å². The summed E-state index contributed by atoms with van der Waals surface area (Å²) < 4.78 is 19.7. The Morgan fingerprint density at radius 3 is 2.64 bits per heavy atom. The van der Waals surface area contributed by atoms with Crippen molar-refractivity contribution in [1.29, 1.82) is 0 Å². The summed E-state index contributed by atoms with van der Waals surface area (Å²) in [4.78, 5) is 39.4. The first-order valence-electron chi connectivity index (χ1n) is 9.67. The molecule has 0 saturated carbocycles. The van der Waals surface area contributed by atoms with E-state index in [1.807, 2.05) is 0 Å². The van der Waals surface area contributed by atoms with Crippen LogP contribution in [0.4, 0.5) is 10.1 Å². The highest BCUT2D eigenvalue weighted by Crippen LogP contribution is 2.25. The summed E-state index contributed by atoms with van der Waals surface area (Å²) in [5, 5.41) is 6.95. The van der Waals surface area contributed by atoms with E-state index in [0.717, 1.165) is 4.68 Å². The van der Waals surface area contributed by atoms with Crippen LogP contribution in [-0.4, -0.2) is 28.4 Å². The van der Waals surface area contributed by atoms with E-state index in [9.17, 15) is 18.8 Å². The normalized spacial score (nSPS) is 11.1. The number of rotatable bonds is 6. The van der Waals surface area contributed by atoms with Gasteiger partial charge in [0.2, 0.25) is 0 Å². The van der Waals surface area contributed by atoms with E-state index in [-0.39, 0.29) is 6.61 Å². The molecule has 0 aliphatic heterocycles. The van der Waals surface area contributed by atoms with Crippen molar-refractivity contribution in [2.45, 2.75) is 0 Å². The molecule has 33 heavy (non-hydrogen) atoms. The molecule has 0 bridgehead atoms. The average molecular weight is 511 g/mol. The second-order valence-electron chi connectivity index (χ2n) is 6.87. The third kappa shape index (κ3) is 5.24. The molecule has 0 aliphatic carbocycles. The number of ether oxygens (including phenoxy) is 1. The van der Waals surface area contributed by atoms with Crippen molar-refractivity contribution in [1.82, 2.24) is 9.66 Å². The van der Waals surface area contributed by atoms with Gasteiger partial charge in [-0.1, -0.05) is 12.1 Å². The number of hydrogen-bond acceptors (Lipinski definition) is 5. The molecule has 8 nitrogen and oxygen atoms in total. The number of fused-ring (bicyclic) bond motifs is 1. The van der Waals surface area contributed by atoms with Crippen LogP contribution in [0.1, 0.15) is 5.56 Å². The molecule has 0 saturated heterocycles. The third-order valence-electron chi connectivity index (χ3n) is 4.55. The highest BCUT2D eigenvalue weighted by molar-refractivity contribution is 9.10. The lowest BCUT2D eigenvalue weighted by Gasteiger charge is -2.09. The molecule has 166 valence electrons. The van der Waals surface area contributed by atoms with Crippen LogP contribution in [0.2, 0.25) is 0 Å². The van der Waals surface area contributed by atoms with Gasteiger partial charge in [0.1, 0.15) is 11.6 Å². The van der Waals surface area contributed by atoms with E-state index in [0.29, 0.717) is 32.4 Å². The topological polar surface area (TPSA) is 106 Å². The number of carbonyl (C=O) groups is 1. The number of amides is 1. The van der Waals surface area contributed by atoms with Crippen molar-refractivity contribution in [3.05, 3.63) is 103 Å². The van der Waals surface area contributed by atoms with Gasteiger partial charge in [-0.3, -0.25) is 9.59 Å². The van der Waals surface area contributed by atoms with Crippen molar-refractivity contribution in [3.63, 3.8) is 0 Å². The molecule has 1 aromatic heterocycles. The second-order valence-corrected chi connectivity index (χ2v) is 7.73. The quantitative estimate of drug-likeness (QED) is 0.387. The van der Waals surface area contributed by atoms with Crippen LogP contribution in [0.3, 0.4) is 0 Å². The Morgan fingerprint density at radius 2 is 1.88 bits per heavy atom. The highest BCUT2D eigenvalue weighted by atomic mass is 79.9. The minimum atomic E-state index is -0.652. The van der Waals surface area contributed by atoms with Gasteiger partial charge in [-0.2, -0.15) is 5.10 Å². The van der Waals surface area contributed by atoms with Gasteiger partial charge in [-0.25, -0.2) is 9.18 Å². The standard InChI is InChI=1S/C23H16BrFN4O4/c24-18-11-14(12-26-29-22(31)17-3-1-2-4-19(17)28-23(29)32)5-10-20(18)33-13-21(30)27-16-8-6-15(25)7-9-16/h1-12H,13H2,(H,27,30)(H,28,32). The SMILES string of the molecule is O=C(COc1ccc(C=Nn2c(=O)[nH]c3ccccc3c2=O)cc1Br)Nc1ccc(F)cc1. The van der Waals surface area contributed by atoms with Crippen LogP contribution < -0.4 is 21.3 Å². The summed E-state index contributed by atoms with van der Waals surface area (Å²) in [5.74, 6) is -0.400. The Balaban J connectivity index is 1.44. The van der Waals surface area contributed by atoms with Crippen molar-refractivity contribution in [3.8, 4) is 5.75 Å². The summed E-state index contributed by atoms with van der Waals surface area (Å²) >= 11 is 3.36. The van der Waals surface area contributed by atoms with Gasteiger partial charge in [0.15, 0.2) is 6.61 Å². The van der Waals surface area contributed by atoms with Gasteiger partial charge in [0.25, 0.3) is 11.5 Å². The first kappa shape index (κ1) is 22.2. The summed E-state index contributed by atoms with van der Waals surface area (Å²) in [5.41, 5.74) is 0.295. The zero-order chi connectivity index (χ0) is 23.4. The van der Waals surface area contributed by atoms with Crippen LogP contribution in [-0.2, 0) is 4.79 Å². The molecule has 1 heterocycles. The van der Waals surface area contributed by atoms with E-state index >= 15 is 0 Å². The fourth-order valence-electron chi connectivity index (χ4n) is 2.97. The average Bonchev–Trinajstić information content (AvgIpc) is 2.80. The number of nitrogens with zero attached hydrogens (tertiary/aromatic N) is 2. The lowest BCUT2D eigenvalue weighted by atomic mass is 10.2. The molecule has 0 spiro atoms. The largest absolute Gasteiger partial charge is 0.483 e. The molecule has 10 heteroatoms. The van der Waals surface area contributed by atoms with E-state index < -0.39 is 23.0 Å². The fourth-order valence-corrected chi connectivity index (χ4v) is 3.48. The maximum absolute atomic E-state index is 12.9. The molecular formula is C23H16BrFN4O4. The van der Waals surface area contributed by atoms with Crippen LogP contribution in [0.5, 0.6) is 5.75 Å². The number of halogens is 2. The van der Waals surface area contributed by atoms with Crippen LogP contribution in [0.25, 0.3) is 10.9 Å². The highest BCUT2D eigenvalue weighted by Gasteiger charge is 2.08. The molecule has 0 unspecified atom stereocenters. The number of aromatic amines is 1. The maximum Gasteiger partial charge on any atom is 0.349 e. The van der Waals surface area contributed by atoms with Crippen molar-refractivity contribution < 1.29 is 13.9 Å². The predicted molar refractivity (Wildman–Crippen MR) is 126 cm³/mol. The zero-order valence-corrected chi connectivity index (χ0v) is 18.5. The summed E-state index contributed by atoms with van der Waals surface area (Å²) in [6, 6.07) is 17.0. The molecule has 0 atom stereocenters. The minimum absolute atomic E-state index is 0.259. The van der Waals surface area contributed by atoms with Crippen LogP contribution in [0, 0.1) is 5.82 Å². The van der Waals surface area contributed by atoms with Crippen LogP contribution in [0.15, 0.2) is 85.9 Å². The smallest absolute Gasteiger partial charge is 0.349 e. The van der Waals surface area contributed by atoms with Crippen molar-refractivity contribution in [2.24, 2.45) is 5.10 Å². The van der Waals surface area contributed by atoms with Gasteiger partial charge < -0.3 is 15.0 Å². The third-order valence-corrected chi connectivity index (χ3v) is 5.17. The maximum atomic E-state index is 12.9. The lowest BCUT2D eigenvalue weighted by molar-refractivity contribution is -0.118. The molecule has 2 N–H and O–H groups in total. The van der Waals surface area contributed by atoms with Gasteiger partial charge in [0.05, 0.1) is 21.6 Å². The van der Waals surface area contributed by atoms with E-state index in [1.165, 1.54) is 30.5 Å². The molecule has 4 aromatic rings. The monoisotopic (exact) mass is 510 g/mol. The first-order chi connectivity index (χ1) is 15.9. The lowest BCUT2D eigenvalue weighted by Crippen LogP contribution is -2.32. The number of carbonyl (C=O) groups excluding carboxylic acids is 1. The minimum Gasteiger partial charge on any atom is -0.483 e. The fraction of sp³-hybridized carbons (Fsp3) is 0.0435. The van der Waals surface area contributed by atoms with Crippen LogP contribution >= 0.6 is 15.9 Å². The molecule has 1 amide bonds. The zero-order valence-electron chi connectivity index (χ0n) is 16.9. The Kier molecular flexibility index (Phi) is 6.45. The Labute approximate surface area is 194 Å². The van der Waals surface area contributed by atoms with Gasteiger partial charge in [-0.05, 0) is 76.1 Å². The predicted octanol–water partition coefficient (Wildman–Crippen LogP) is 3.49. The van der Waals surface area contributed by atoms with Gasteiger partial charge in [-0.15, -0.1) is 4.68 Å². The van der Waals surface area contributed by atoms with E-state index in [2.05, 4.69) is 31.3 Å². The Morgan fingerprint density at radius 1 is 1.12 bits per heavy atom. The second kappa shape index (κ2) is 9.61. The summed E-state index contributed by atoms with van der Waals surface area (Å²) in [6.07, 6.45) is 1.36. The number of benzene rings is 3. The Hall–Kier alpha value is -4.05. The van der Waals surface area contributed by atoms with E-state index in [1.54, 1.807) is 42.5 Å². The molecule has 3 aromatic carbocycles. The first-order valence-corrected chi connectivity index (χ1v) is 10.5. The molecule has 0 radical (unpaired) electrons. The van der Waals surface area contributed by atoms with E-state index in [4.69, 9.17) is 4.74 Å². The number of hydrogen-bond donors (Lipinski definition) is 2. The number of anilines is 1. The molecule has 0 aliphatic rings. The Bertz CT molecular complexity index is 1480. The summed E-state index contributed by atoms with van der Waals surface area (Å²) in [7, 11) is 0. The van der Waals surface area contributed by atoms with Crippen molar-refractivity contribution >= 4 is 44.6 Å². The number of nitrogens with one attached hydrogen (secondary N) is 2. The number of para-hydroxylation sites is 1. The number of aromatic nitrogens is 2. The molecule has 0 fully saturated rings. The summed E-state index contributed by atoms with van der Waals surface area (Å²) in [6.45, 7) is -0.259. The van der Waals surface area contributed by atoms with Crippen molar-refractivity contribution in [2.75, 3.05) is 11.9 Å². The van der Waals surface area contributed by atoms with Gasteiger partial charge >= 0.3 is 5.69 Å². The molecular weight excluding hydrogens is 495 g/mol. The number of H-pyrrole nitrogens is 1. The molecule has 4 rings (SSSR count).